The molecule has 0 aromatic heterocycles. The topological polar surface area (TPSA) is 66.8 Å². The lowest BCUT2D eigenvalue weighted by Gasteiger charge is -2.13. The van der Waals surface area contributed by atoms with E-state index in [0.29, 0.717) is 6.42 Å². The van der Waals surface area contributed by atoms with Crippen molar-refractivity contribution in [1.82, 2.24) is 0 Å². The molecule has 0 heterocycles. The molecular weight excluding hydrogens is 424 g/mol. The standard InChI is InChI=1S/C30H60O4/c1-3-4-5-6-7-8-9-14-17-20-23-26-30(33)34-28(2)24-21-18-15-12-10-11-13-16-19-22-25-29(32)27-31/h28-29,31-32H,3-27H2,1-2H3. The Morgan fingerprint density at radius 1 is 0.618 bits per heavy atom. The van der Waals surface area contributed by atoms with Gasteiger partial charge in [0.05, 0.1) is 18.8 Å². The molecule has 0 spiro atoms. The third-order valence-electron chi connectivity index (χ3n) is 6.93. The van der Waals surface area contributed by atoms with Crippen LogP contribution >= 0.6 is 0 Å². The fourth-order valence-corrected chi connectivity index (χ4v) is 4.59. The second-order valence-electron chi connectivity index (χ2n) is 10.5. The van der Waals surface area contributed by atoms with Crippen LogP contribution in [0.5, 0.6) is 0 Å². The largest absolute Gasteiger partial charge is 0.463 e. The Kier molecular flexibility index (Phi) is 26.5. The van der Waals surface area contributed by atoms with Crippen LogP contribution in [0.3, 0.4) is 0 Å². The molecule has 0 aliphatic rings. The Morgan fingerprint density at radius 3 is 1.44 bits per heavy atom. The SMILES string of the molecule is CCCCCCCCCCCCCC(=O)OC(C)CCCCCCCCCCCCC(O)CO. The molecule has 0 amide bonds. The fraction of sp³-hybridized carbons (Fsp3) is 0.967. The van der Waals surface area contributed by atoms with Crippen molar-refractivity contribution in [3.63, 3.8) is 0 Å². The highest BCUT2D eigenvalue weighted by Gasteiger charge is 2.09. The lowest BCUT2D eigenvalue weighted by atomic mass is 10.0. The number of aliphatic hydroxyl groups excluding tert-OH is 2. The van der Waals surface area contributed by atoms with Gasteiger partial charge in [0.15, 0.2) is 0 Å². The van der Waals surface area contributed by atoms with Gasteiger partial charge >= 0.3 is 5.97 Å². The van der Waals surface area contributed by atoms with E-state index in [4.69, 9.17) is 9.84 Å². The first-order chi connectivity index (χ1) is 16.6. The monoisotopic (exact) mass is 484 g/mol. The first kappa shape index (κ1) is 33.4. The second kappa shape index (κ2) is 27.0. The fourth-order valence-electron chi connectivity index (χ4n) is 4.59. The number of ether oxygens (including phenoxy) is 1. The number of rotatable bonds is 27. The number of hydrogen-bond acceptors (Lipinski definition) is 4. The maximum absolute atomic E-state index is 12.0. The van der Waals surface area contributed by atoms with E-state index in [2.05, 4.69) is 6.92 Å². The lowest BCUT2D eigenvalue weighted by Crippen LogP contribution is -2.14. The first-order valence-corrected chi connectivity index (χ1v) is 15.1. The van der Waals surface area contributed by atoms with E-state index in [0.717, 1.165) is 44.9 Å². The van der Waals surface area contributed by atoms with Crippen molar-refractivity contribution in [2.45, 2.75) is 180 Å². The highest BCUT2D eigenvalue weighted by Crippen LogP contribution is 2.15. The van der Waals surface area contributed by atoms with Crippen molar-refractivity contribution in [2.24, 2.45) is 0 Å². The molecule has 0 aliphatic heterocycles. The molecule has 0 rings (SSSR count). The number of unbranched alkanes of at least 4 members (excludes halogenated alkanes) is 19. The molecule has 0 radical (unpaired) electrons. The minimum atomic E-state index is -0.527. The van der Waals surface area contributed by atoms with Crippen LogP contribution in [-0.2, 0) is 9.53 Å². The second-order valence-corrected chi connectivity index (χ2v) is 10.5. The molecule has 0 aliphatic carbocycles. The Morgan fingerprint density at radius 2 is 1.00 bits per heavy atom. The summed E-state index contributed by atoms with van der Waals surface area (Å²) in [5.41, 5.74) is 0. The van der Waals surface area contributed by atoms with E-state index in [1.54, 1.807) is 0 Å². The maximum atomic E-state index is 12.0. The average Bonchev–Trinajstić information content (AvgIpc) is 2.82. The van der Waals surface area contributed by atoms with Crippen LogP contribution in [0.2, 0.25) is 0 Å². The van der Waals surface area contributed by atoms with Gasteiger partial charge in [-0.05, 0) is 32.6 Å². The predicted molar refractivity (Wildman–Crippen MR) is 145 cm³/mol. The summed E-state index contributed by atoms with van der Waals surface area (Å²) in [6.45, 7) is 4.20. The zero-order chi connectivity index (χ0) is 25.1. The van der Waals surface area contributed by atoms with Crippen molar-refractivity contribution >= 4 is 5.97 Å². The third-order valence-corrected chi connectivity index (χ3v) is 6.93. The van der Waals surface area contributed by atoms with Crippen LogP contribution in [0.15, 0.2) is 0 Å². The van der Waals surface area contributed by atoms with Gasteiger partial charge in [-0.15, -0.1) is 0 Å². The van der Waals surface area contributed by atoms with E-state index in [1.807, 2.05) is 6.92 Å². The Hall–Kier alpha value is -0.610. The van der Waals surface area contributed by atoms with Crippen LogP contribution in [0.4, 0.5) is 0 Å². The summed E-state index contributed by atoms with van der Waals surface area (Å²) in [7, 11) is 0. The van der Waals surface area contributed by atoms with Crippen molar-refractivity contribution < 1.29 is 19.7 Å². The molecule has 0 aromatic carbocycles. The minimum Gasteiger partial charge on any atom is -0.463 e. The molecule has 0 bridgehead atoms. The number of carbonyl (C=O) groups is 1. The molecule has 204 valence electrons. The molecule has 2 atom stereocenters. The van der Waals surface area contributed by atoms with E-state index in [1.165, 1.54) is 103 Å². The van der Waals surface area contributed by atoms with Crippen LogP contribution in [0.1, 0.15) is 168 Å². The summed E-state index contributed by atoms with van der Waals surface area (Å²) in [4.78, 5) is 12.0. The molecule has 0 aromatic rings. The van der Waals surface area contributed by atoms with Crippen molar-refractivity contribution in [3.8, 4) is 0 Å². The summed E-state index contributed by atoms with van der Waals surface area (Å²) in [6, 6.07) is 0. The van der Waals surface area contributed by atoms with Gasteiger partial charge in [-0.3, -0.25) is 4.79 Å². The number of hydrogen-bond donors (Lipinski definition) is 2. The Balaban J connectivity index is 3.31. The summed E-state index contributed by atoms with van der Waals surface area (Å²) in [6.07, 6.45) is 28.5. The van der Waals surface area contributed by atoms with Gasteiger partial charge in [0.1, 0.15) is 0 Å². The zero-order valence-electron chi connectivity index (χ0n) is 23.0. The molecule has 4 heteroatoms. The van der Waals surface area contributed by atoms with Crippen molar-refractivity contribution in [3.05, 3.63) is 0 Å². The van der Waals surface area contributed by atoms with E-state index in [-0.39, 0.29) is 18.7 Å². The third kappa shape index (κ3) is 26.0. The number of carbonyl (C=O) groups excluding carboxylic acids is 1. The van der Waals surface area contributed by atoms with Crippen LogP contribution in [0, 0.1) is 0 Å². The Labute approximate surface area is 212 Å². The molecule has 2 N–H and O–H groups in total. The molecule has 0 saturated heterocycles. The number of aliphatic hydroxyl groups is 2. The molecule has 0 saturated carbocycles. The predicted octanol–water partition coefficient (Wildman–Crippen LogP) is 8.65. The van der Waals surface area contributed by atoms with Crippen LogP contribution < -0.4 is 0 Å². The van der Waals surface area contributed by atoms with Gasteiger partial charge in [0.25, 0.3) is 0 Å². The molecular formula is C30H60O4. The van der Waals surface area contributed by atoms with Gasteiger partial charge < -0.3 is 14.9 Å². The highest BCUT2D eigenvalue weighted by molar-refractivity contribution is 5.69. The maximum Gasteiger partial charge on any atom is 0.306 e. The minimum absolute atomic E-state index is 0.00528. The van der Waals surface area contributed by atoms with E-state index in [9.17, 15) is 9.90 Å². The lowest BCUT2D eigenvalue weighted by molar-refractivity contribution is -0.148. The van der Waals surface area contributed by atoms with E-state index < -0.39 is 6.10 Å². The van der Waals surface area contributed by atoms with Crippen molar-refractivity contribution in [2.75, 3.05) is 6.61 Å². The van der Waals surface area contributed by atoms with E-state index >= 15 is 0 Å². The highest BCUT2D eigenvalue weighted by atomic mass is 16.5. The molecule has 2 unspecified atom stereocenters. The quantitative estimate of drug-likeness (QED) is 0.0904. The summed E-state index contributed by atoms with van der Waals surface area (Å²) < 4.78 is 5.59. The Bertz CT molecular complexity index is 413. The van der Waals surface area contributed by atoms with Gasteiger partial charge in [0.2, 0.25) is 0 Å². The zero-order valence-corrected chi connectivity index (χ0v) is 23.0. The van der Waals surface area contributed by atoms with Crippen LogP contribution in [-0.4, -0.2) is 35.0 Å². The van der Waals surface area contributed by atoms with Crippen LogP contribution in [0.25, 0.3) is 0 Å². The van der Waals surface area contributed by atoms with Gasteiger partial charge in [-0.25, -0.2) is 0 Å². The van der Waals surface area contributed by atoms with Gasteiger partial charge in [-0.2, -0.15) is 0 Å². The molecule has 34 heavy (non-hydrogen) atoms. The smallest absolute Gasteiger partial charge is 0.306 e. The number of esters is 1. The summed E-state index contributed by atoms with van der Waals surface area (Å²) in [5.74, 6) is -0.00528. The molecule has 0 fully saturated rings. The van der Waals surface area contributed by atoms with Crippen molar-refractivity contribution in [1.29, 1.82) is 0 Å². The first-order valence-electron chi connectivity index (χ1n) is 15.1. The summed E-state index contributed by atoms with van der Waals surface area (Å²) in [5, 5.41) is 18.1. The summed E-state index contributed by atoms with van der Waals surface area (Å²) >= 11 is 0. The molecule has 4 nitrogen and oxygen atoms in total. The van der Waals surface area contributed by atoms with Gasteiger partial charge in [0, 0.05) is 6.42 Å². The normalized spacial score (nSPS) is 13.2. The average molecular weight is 485 g/mol. The van der Waals surface area contributed by atoms with Gasteiger partial charge in [-0.1, -0.05) is 129 Å².